The molecule has 1 fully saturated rings. The van der Waals surface area contributed by atoms with Crippen LogP contribution in [0.25, 0.3) is 0 Å². The molecule has 7 heteroatoms. The Morgan fingerprint density at radius 1 is 1.24 bits per heavy atom. The third-order valence-corrected chi connectivity index (χ3v) is 4.61. The summed E-state index contributed by atoms with van der Waals surface area (Å²) in [5.74, 6) is 0. The molecule has 1 aliphatic heterocycles. The van der Waals surface area contributed by atoms with Crippen molar-refractivity contribution in [2.45, 2.75) is 51.2 Å². The van der Waals surface area contributed by atoms with Crippen molar-refractivity contribution in [2.24, 2.45) is 0 Å². The Labute approximate surface area is 144 Å². The Morgan fingerprint density at radius 3 is 2.64 bits per heavy atom. The van der Waals surface area contributed by atoms with Crippen molar-refractivity contribution in [3.05, 3.63) is 53.3 Å². The Bertz CT molecular complexity index is 726. The lowest BCUT2D eigenvalue weighted by Gasteiger charge is -2.27. The number of β-amino-alcohol motifs (C(OH)–C–C–N with tert-alkyl or cyclic N) is 1. The minimum Gasteiger partial charge on any atom is -0.392 e. The van der Waals surface area contributed by atoms with Gasteiger partial charge < -0.3 is 5.11 Å². The zero-order chi connectivity index (χ0) is 18.2. The third kappa shape index (κ3) is 3.72. The summed E-state index contributed by atoms with van der Waals surface area (Å²) >= 11 is 0. The molecule has 0 aliphatic carbocycles. The van der Waals surface area contributed by atoms with Gasteiger partial charge in [0.1, 0.15) is 0 Å². The van der Waals surface area contributed by atoms with Gasteiger partial charge in [-0.2, -0.15) is 18.3 Å². The van der Waals surface area contributed by atoms with Gasteiger partial charge in [-0.05, 0) is 38.0 Å². The van der Waals surface area contributed by atoms with Crippen LogP contribution >= 0.6 is 0 Å². The number of nitrogens with zero attached hydrogens (tertiary/aromatic N) is 3. The second-order valence-electron chi connectivity index (χ2n) is 6.78. The summed E-state index contributed by atoms with van der Waals surface area (Å²) in [4.78, 5) is 1.91. The van der Waals surface area contributed by atoms with E-state index in [2.05, 4.69) is 5.10 Å². The number of halogens is 3. The van der Waals surface area contributed by atoms with Gasteiger partial charge in [-0.15, -0.1) is 0 Å². The highest BCUT2D eigenvalue weighted by Gasteiger charge is 2.39. The van der Waals surface area contributed by atoms with Gasteiger partial charge in [0.05, 0.1) is 17.4 Å². The molecule has 0 amide bonds. The zero-order valence-corrected chi connectivity index (χ0v) is 14.2. The van der Waals surface area contributed by atoms with Crippen molar-refractivity contribution in [1.29, 1.82) is 0 Å². The summed E-state index contributed by atoms with van der Waals surface area (Å²) in [5.41, 5.74) is 0.525. The van der Waals surface area contributed by atoms with Gasteiger partial charge in [-0.1, -0.05) is 18.2 Å². The highest BCUT2D eigenvalue weighted by atomic mass is 19.4. The van der Waals surface area contributed by atoms with E-state index in [0.29, 0.717) is 19.5 Å². The lowest BCUT2D eigenvalue weighted by atomic mass is 9.97. The van der Waals surface area contributed by atoms with E-state index < -0.39 is 23.9 Å². The maximum atomic E-state index is 13.4. The normalized spacial score (nSPS) is 22.0. The molecule has 0 saturated carbocycles. The number of alkyl halides is 3. The molecule has 1 aromatic heterocycles. The van der Waals surface area contributed by atoms with E-state index in [-0.39, 0.29) is 11.6 Å². The smallest absolute Gasteiger partial charge is 0.392 e. The first-order valence-corrected chi connectivity index (χ1v) is 8.38. The van der Waals surface area contributed by atoms with Crippen molar-refractivity contribution in [3.8, 4) is 0 Å². The first kappa shape index (κ1) is 17.9. The molecular weight excluding hydrogens is 331 g/mol. The van der Waals surface area contributed by atoms with Crippen LogP contribution in [0.15, 0.2) is 36.5 Å². The molecule has 1 N–H and O–H groups in total. The average Bonchev–Trinajstić information content (AvgIpc) is 3.13. The molecule has 0 spiro atoms. The number of hydrogen-bond donors (Lipinski definition) is 1. The number of aliphatic hydroxyl groups excluding tert-OH is 1. The van der Waals surface area contributed by atoms with Crippen molar-refractivity contribution >= 4 is 0 Å². The molecule has 0 unspecified atom stereocenters. The average molecular weight is 353 g/mol. The molecule has 3 rings (SSSR count). The largest absolute Gasteiger partial charge is 0.416 e. The quantitative estimate of drug-likeness (QED) is 0.909. The van der Waals surface area contributed by atoms with E-state index in [1.807, 2.05) is 29.5 Å². The minimum atomic E-state index is -4.41. The summed E-state index contributed by atoms with van der Waals surface area (Å²) in [6.45, 7) is 4.81. The van der Waals surface area contributed by atoms with Crippen molar-refractivity contribution in [1.82, 2.24) is 14.7 Å². The predicted octanol–water partition coefficient (Wildman–Crippen LogP) is 3.79. The van der Waals surface area contributed by atoms with E-state index in [0.717, 1.165) is 11.8 Å². The van der Waals surface area contributed by atoms with Gasteiger partial charge in [-0.25, -0.2) is 0 Å². The van der Waals surface area contributed by atoms with Crippen molar-refractivity contribution < 1.29 is 18.3 Å². The minimum absolute atomic E-state index is 0.165. The maximum absolute atomic E-state index is 13.4. The Kier molecular flexibility index (Phi) is 4.88. The second-order valence-corrected chi connectivity index (χ2v) is 6.78. The molecule has 1 aromatic carbocycles. The summed E-state index contributed by atoms with van der Waals surface area (Å²) in [5, 5.41) is 14.4. The van der Waals surface area contributed by atoms with Crippen LogP contribution in [0.5, 0.6) is 0 Å². The van der Waals surface area contributed by atoms with Crippen LogP contribution < -0.4 is 0 Å². The predicted molar refractivity (Wildman–Crippen MR) is 87.8 cm³/mol. The van der Waals surface area contributed by atoms with E-state index >= 15 is 0 Å². The summed E-state index contributed by atoms with van der Waals surface area (Å²) < 4.78 is 42.0. The lowest BCUT2D eigenvalue weighted by Crippen LogP contribution is -2.27. The van der Waals surface area contributed by atoms with Crippen LogP contribution in [0.3, 0.4) is 0 Å². The molecule has 1 aliphatic rings. The van der Waals surface area contributed by atoms with Gasteiger partial charge >= 0.3 is 6.18 Å². The maximum Gasteiger partial charge on any atom is 0.416 e. The highest BCUT2D eigenvalue weighted by molar-refractivity contribution is 5.33. The Balaban J connectivity index is 1.92. The summed E-state index contributed by atoms with van der Waals surface area (Å²) in [7, 11) is 0. The summed E-state index contributed by atoms with van der Waals surface area (Å²) in [6, 6.07) is 7.20. The van der Waals surface area contributed by atoms with Crippen LogP contribution in [0.2, 0.25) is 0 Å². The van der Waals surface area contributed by atoms with Crippen LogP contribution in [0.1, 0.15) is 49.2 Å². The molecule has 2 atom stereocenters. The van der Waals surface area contributed by atoms with Crippen LogP contribution in [-0.2, 0) is 12.7 Å². The fourth-order valence-electron chi connectivity index (χ4n) is 3.56. The highest BCUT2D eigenvalue weighted by Crippen LogP contribution is 2.40. The number of hydrogen-bond acceptors (Lipinski definition) is 3. The molecule has 25 heavy (non-hydrogen) atoms. The molecular formula is C18H22F3N3O. The van der Waals surface area contributed by atoms with E-state index in [1.54, 1.807) is 12.3 Å². The first-order valence-electron chi connectivity index (χ1n) is 8.38. The van der Waals surface area contributed by atoms with Gasteiger partial charge in [0.2, 0.25) is 0 Å². The van der Waals surface area contributed by atoms with Crippen LogP contribution in [0.4, 0.5) is 13.2 Å². The Morgan fingerprint density at radius 2 is 1.96 bits per heavy atom. The van der Waals surface area contributed by atoms with Crippen molar-refractivity contribution in [3.63, 3.8) is 0 Å². The fourth-order valence-corrected chi connectivity index (χ4v) is 3.56. The first-order chi connectivity index (χ1) is 11.8. The molecule has 4 nitrogen and oxygen atoms in total. The lowest BCUT2D eigenvalue weighted by molar-refractivity contribution is -0.138. The second kappa shape index (κ2) is 6.80. The summed E-state index contributed by atoms with van der Waals surface area (Å²) in [6.07, 6.45) is -3.06. The molecule has 2 aromatic rings. The van der Waals surface area contributed by atoms with Gasteiger partial charge in [0.15, 0.2) is 0 Å². The molecule has 0 radical (unpaired) electrons. The molecule has 0 bridgehead atoms. The van der Waals surface area contributed by atoms with Gasteiger partial charge in [0, 0.05) is 31.4 Å². The van der Waals surface area contributed by atoms with Gasteiger partial charge in [-0.3, -0.25) is 9.58 Å². The topological polar surface area (TPSA) is 41.3 Å². The van der Waals surface area contributed by atoms with E-state index in [9.17, 15) is 18.3 Å². The number of aliphatic hydroxyl groups is 1. The molecule has 2 heterocycles. The van der Waals surface area contributed by atoms with Crippen LogP contribution in [0, 0.1) is 0 Å². The molecule has 136 valence electrons. The third-order valence-electron chi connectivity index (χ3n) is 4.61. The zero-order valence-electron chi connectivity index (χ0n) is 14.2. The fraction of sp³-hybridized carbons (Fsp3) is 0.500. The van der Waals surface area contributed by atoms with E-state index in [1.165, 1.54) is 12.1 Å². The number of aromatic nitrogens is 2. The standard InChI is InChI=1S/C18H22F3N3O/c1-12(2)24-13(7-8-22-24)10-23-11-14(25)9-17(23)15-5-3-4-6-16(15)18(19,20)21/h3-8,12,14,17,25H,9-11H2,1-2H3/t14-,17+/m1/s1. The van der Waals surface area contributed by atoms with Gasteiger partial charge in [0.25, 0.3) is 0 Å². The van der Waals surface area contributed by atoms with Crippen LogP contribution in [-0.4, -0.2) is 32.4 Å². The monoisotopic (exact) mass is 353 g/mol. The number of likely N-dealkylation sites (tertiary alicyclic amines) is 1. The SMILES string of the molecule is CC(C)n1nccc1CN1C[C@H](O)C[C@H]1c1ccccc1C(F)(F)F. The Hall–Kier alpha value is -1.86. The number of rotatable bonds is 4. The van der Waals surface area contributed by atoms with Crippen molar-refractivity contribution in [2.75, 3.05) is 6.54 Å². The molecule has 1 saturated heterocycles. The van der Waals surface area contributed by atoms with E-state index in [4.69, 9.17) is 0 Å². The number of benzene rings is 1.